The smallest absolute Gasteiger partial charge is 0.265 e. The van der Waals surface area contributed by atoms with E-state index in [0.717, 1.165) is 15.5 Å². The van der Waals surface area contributed by atoms with Gasteiger partial charge < -0.3 is 5.32 Å². The highest BCUT2D eigenvalue weighted by atomic mass is 79.9. The monoisotopic (exact) mass is 407 g/mol. The summed E-state index contributed by atoms with van der Waals surface area (Å²) in [6, 6.07) is 5.08. The topological polar surface area (TPSA) is 54.9 Å². The van der Waals surface area contributed by atoms with Crippen molar-refractivity contribution in [1.29, 1.82) is 0 Å². The first kappa shape index (κ1) is 14.2. The van der Waals surface area contributed by atoms with Crippen molar-refractivity contribution in [3.05, 3.63) is 36.9 Å². The van der Waals surface area contributed by atoms with Gasteiger partial charge in [-0.25, -0.2) is 0 Å². The van der Waals surface area contributed by atoms with Gasteiger partial charge in [0.25, 0.3) is 5.91 Å². The number of hydrogen-bond acceptors (Lipinski definition) is 5. The van der Waals surface area contributed by atoms with Gasteiger partial charge in [0, 0.05) is 0 Å². The van der Waals surface area contributed by atoms with Crippen LogP contribution in [0.4, 0.5) is 5.69 Å². The first-order chi connectivity index (χ1) is 9.56. The largest absolute Gasteiger partial charge is 0.318 e. The summed E-state index contributed by atoms with van der Waals surface area (Å²) in [4.78, 5) is 12.7. The summed E-state index contributed by atoms with van der Waals surface area (Å²) < 4.78 is 9.10. The lowest BCUT2D eigenvalue weighted by atomic mass is 10.2. The zero-order chi connectivity index (χ0) is 14.3. The number of carbonyl (C=O) groups excluding carboxylic acids is 1. The third kappa shape index (κ3) is 2.56. The lowest BCUT2D eigenvalue weighted by Gasteiger charge is -2.07. The minimum Gasteiger partial charge on any atom is -0.318 e. The highest BCUT2D eigenvalue weighted by Gasteiger charge is 2.17. The van der Waals surface area contributed by atoms with Crippen molar-refractivity contribution in [2.75, 3.05) is 5.32 Å². The number of thiophene rings is 1. The van der Waals surface area contributed by atoms with Gasteiger partial charge in [-0.3, -0.25) is 4.79 Å². The molecule has 1 amide bonds. The Balaban J connectivity index is 2.02. The number of rotatable bonds is 2. The maximum absolute atomic E-state index is 12.2. The second-order valence-electron chi connectivity index (χ2n) is 3.73. The van der Waals surface area contributed by atoms with Crippen molar-refractivity contribution in [3.8, 4) is 0 Å². The van der Waals surface area contributed by atoms with Crippen molar-refractivity contribution in [3.63, 3.8) is 0 Å². The normalized spacial score (nSPS) is 10.9. The van der Waals surface area contributed by atoms with Gasteiger partial charge in [0.05, 0.1) is 36.1 Å². The maximum atomic E-state index is 12.2. The lowest BCUT2D eigenvalue weighted by Crippen LogP contribution is -2.11. The van der Waals surface area contributed by atoms with Gasteiger partial charge in [0.1, 0.15) is 11.0 Å². The molecule has 0 saturated carbocycles. The molecule has 1 N–H and O–H groups in total. The summed E-state index contributed by atoms with van der Waals surface area (Å²) in [6.07, 6.45) is 0. The molecule has 20 heavy (non-hydrogen) atoms. The van der Waals surface area contributed by atoms with Gasteiger partial charge in [-0.05, 0) is 34.1 Å². The van der Waals surface area contributed by atoms with Crippen LogP contribution in [-0.2, 0) is 0 Å². The summed E-state index contributed by atoms with van der Waals surface area (Å²) in [6.45, 7) is 0. The number of fused-ring (bicyclic) bond motifs is 1. The van der Waals surface area contributed by atoms with Crippen LogP contribution < -0.4 is 5.32 Å². The number of amides is 1. The minimum absolute atomic E-state index is 0.251. The van der Waals surface area contributed by atoms with Crippen molar-refractivity contribution < 1.29 is 4.79 Å². The summed E-state index contributed by atoms with van der Waals surface area (Å²) in [7, 11) is 0. The van der Waals surface area contributed by atoms with Crippen LogP contribution in [0, 0.1) is 0 Å². The summed E-state index contributed by atoms with van der Waals surface area (Å²) in [5.74, 6) is -0.251. The molecule has 3 rings (SSSR count). The predicted molar refractivity (Wildman–Crippen MR) is 87.4 cm³/mol. The number of nitrogens with one attached hydrogen (secondary N) is 1. The molecular weight excluding hydrogens is 405 g/mol. The van der Waals surface area contributed by atoms with Crippen molar-refractivity contribution >= 4 is 84.8 Å². The molecule has 4 nitrogen and oxygen atoms in total. The molecule has 9 heteroatoms. The van der Waals surface area contributed by atoms with Gasteiger partial charge in [-0.15, -0.1) is 11.3 Å². The van der Waals surface area contributed by atoms with E-state index in [1.807, 2.05) is 6.07 Å². The fraction of sp³-hybridized carbons (Fsp3) is 0. The number of carbonyl (C=O) groups is 1. The Bertz CT molecular complexity index is 817. The van der Waals surface area contributed by atoms with Crippen molar-refractivity contribution in [2.45, 2.75) is 0 Å². The van der Waals surface area contributed by atoms with Crippen LogP contribution in [0.25, 0.3) is 11.0 Å². The average Bonchev–Trinajstić information content (AvgIpc) is 3.02. The van der Waals surface area contributed by atoms with Gasteiger partial charge in [-0.2, -0.15) is 8.75 Å². The predicted octanol–water partition coefficient (Wildman–Crippen LogP) is 5.07. The number of aromatic nitrogens is 2. The highest BCUT2D eigenvalue weighted by molar-refractivity contribution is 9.11. The average molecular weight is 409 g/mol. The van der Waals surface area contributed by atoms with Crippen LogP contribution in [0.5, 0.6) is 0 Å². The van der Waals surface area contributed by atoms with E-state index < -0.39 is 0 Å². The van der Waals surface area contributed by atoms with E-state index in [1.54, 1.807) is 12.1 Å². The van der Waals surface area contributed by atoms with Crippen LogP contribution in [0.2, 0.25) is 10.0 Å². The molecule has 0 fully saturated rings. The Morgan fingerprint density at radius 1 is 1.20 bits per heavy atom. The van der Waals surface area contributed by atoms with Gasteiger partial charge >= 0.3 is 0 Å². The van der Waals surface area contributed by atoms with E-state index in [1.165, 1.54) is 11.3 Å². The van der Waals surface area contributed by atoms with Crippen LogP contribution in [0.15, 0.2) is 22.0 Å². The van der Waals surface area contributed by atoms with Crippen molar-refractivity contribution in [1.82, 2.24) is 8.75 Å². The van der Waals surface area contributed by atoms with E-state index >= 15 is 0 Å². The zero-order valence-electron chi connectivity index (χ0n) is 9.49. The summed E-state index contributed by atoms with van der Waals surface area (Å²) in [5.41, 5.74) is 1.45. The Morgan fingerprint density at radius 3 is 2.65 bits per heavy atom. The Labute approximate surface area is 140 Å². The molecule has 0 aliphatic carbocycles. The second-order valence-corrected chi connectivity index (χ2v) is 7.54. The number of benzene rings is 1. The number of nitrogens with zero attached hydrogens (tertiary/aromatic N) is 2. The van der Waals surface area contributed by atoms with E-state index in [4.69, 9.17) is 23.2 Å². The third-order valence-electron chi connectivity index (χ3n) is 2.48. The highest BCUT2D eigenvalue weighted by Crippen LogP contribution is 2.35. The molecule has 2 aromatic heterocycles. The lowest BCUT2D eigenvalue weighted by molar-refractivity contribution is 0.103. The molecule has 0 aliphatic rings. The molecule has 1 aromatic carbocycles. The SMILES string of the molecule is O=C(Nc1c(Cl)cc(Cl)c2nsnc12)c1ccc(Br)s1. The molecule has 0 saturated heterocycles. The molecule has 0 radical (unpaired) electrons. The molecule has 0 bridgehead atoms. The maximum Gasteiger partial charge on any atom is 0.265 e. The fourth-order valence-corrected chi connectivity index (χ4v) is 4.05. The van der Waals surface area contributed by atoms with Crippen LogP contribution in [-0.4, -0.2) is 14.7 Å². The number of hydrogen-bond donors (Lipinski definition) is 1. The van der Waals surface area contributed by atoms with Crippen LogP contribution in [0.3, 0.4) is 0 Å². The van der Waals surface area contributed by atoms with E-state index in [0.29, 0.717) is 31.6 Å². The van der Waals surface area contributed by atoms with E-state index in [-0.39, 0.29) is 5.91 Å². The van der Waals surface area contributed by atoms with Gasteiger partial charge in [0.2, 0.25) is 0 Å². The fourth-order valence-electron chi connectivity index (χ4n) is 1.60. The summed E-state index contributed by atoms with van der Waals surface area (Å²) >= 11 is 17.8. The molecule has 0 aliphatic heterocycles. The van der Waals surface area contributed by atoms with E-state index in [2.05, 4.69) is 30.0 Å². The van der Waals surface area contributed by atoms with Crippen molar-refractivity contribution in [2.24, 2.45) is 0 Å². The van der Waals surface area contributed by atoms with Gasteiger partial charge in [-0.1, -0.05) is 23.2 Å². The molecule has 0 atom stereocenters. The Kier molecular flexibility index (Phi) is 3.96. The van der Waals surface area contributed by atoms with E-state index in [9.17, 15) is 4.79 Å². The first-order valence-electron chi connectivity index (χ1n) is 5.23. The van der Waals surface area contributed by atoms with Gasteiger partial charge in [0.15, 0.2) is 0 Å². The molecule has 2 heterocycles. The second kappa shape index (κ2) is 5.57. The Morgan fingerprint density at radius 2 is 1.95 bits per heavy atom. The molecule has 102 valence electrons. The number of halogens is 3. The zero-order valence-corrected chi connectivity index (χ0v) is 14.2. The quantitative estimate of drug-likeness (QED) is 0.643. The molecule has 3 aromatic rings. The molecular formula is C11H4BrCl2N3OS2. The minimum atomic E-state index is -0.251. The van der Waals surface area contributed by atoms with Crippen LogP contribution in [0.1, 0.15) is 9.67 Å². The first-order valence-corrected chi connectivity index (χ1v) is 8.33. The van der Waals surface area contributed by atoms with Crippen LogP contribution >= 0.6 is 62.2 Å². The third-order valence-corrected chi connectivity index (χ3v) is 5.22. The Hall–Kier alpha value is -0.730. The molecule has 0 spiro atoms. The molecule has 0 unspecified atom stereocenters. The number of anilines is 1. The summed E-state index contributed by atoms with van der Waals surface area (Å²) in [5, 5.41) is 3.51. The standard InChI is InChI=1S/C11H4BrCl2N3OS2/c12-7-2-1-6(19-7)11(18)15-8-4(13)3-5(14)9-10(8)17-20-16-9/h1-3H,(H,15,18).